The summed E-state index contributed by atoms with van der Waals surface area (Å²) in [5, 5.41) is 5.79. The van der Waals surface area contributed by atoms with Gasteiger partial charge in [-0.1, -0.05) is 44.2 Å². The van der Waals surface area contributed by atoms with Crippen LogP contribution >= 0.6 is 0 Å². The molecule has 0 aliphatic heterocycles. The van der Waals surface area contributed by atoms with Crippen molar-refractivity contribution in [2.45, 2.75) is 26.9 Å². The third-order valence-electron chi connectivity index (χ3n) is 4.50. The number of hydrogen-bond acceptors (Lipinski definition) is 3. The smallest absolute Gasteiger partial charge is 0.322 e. The third kappa shape index (κ3) is 6.24. The van der Waals surface area contributed by atoms with Crippen molar-refractivity contribution in [1.82, 2.24) is 10.2 Å². The third-order valence-corrected chi connectivity index (χ3v) is 4.50. The van der Waals surface area contributed by atoms with E-state index in [1.165, 1.54) is 0 Å². The molecule has 156 valence electrons. The number of hydrogen-bond donors (Lipinski definition) is 2. The average Bonchev–Trinajstić information content (AvgIpc) is 3.26. The quantitative estimate of drug-likeness (QED) is 0.560. The van der Waals surface area contributed by atoms with Crippen LogP contribution in [0.3, 0.4) is 0 Å². The Hall–Kier alpha value is -3.54. The molecule has 1 heterocycles. The first-order valence-electron chi connectivity index (χ1n) is 10.0. The highest BCUT2D eigenvalue weighted by molar-refractivity contribution is 5.95. The molecule has 3 aromatic rings. The minimum Gasteiger partial charge on any atom is -0.467 e. The topological polar surface area (TPSA) is 74.6 Å². The predicted molar refractivity (Wildman–Crippen MR) is 117 cm³/mol. The van der Waals surface area contributed by atoms with E-state index in [1.54, 1.807) is 41.5 Å². The molecule has 0 bridgehead atoms. The Morgan fingerprint density at radius 1 is 0.933 bits per heavy atom. The van der Waals surface area contributed by atoms with Crippen LogP contribution in [0.1, 0.15) is 35.5 Å². The van der Waals surface area contributed by atoms with Crippen molar-refractivity contribution in [3.05, 3.63) is 89.9 Å². The summed E-state index contributed by atoms with van der Waals surface area (Å²) in [6.45, 7) is 5.51. The van der Waals surface area contributed by atoms with Crippen LogP contribution in [-0.4, -0.2) is 23.4 Å². The maximum Gasteiger partial charge on any atom is 0.322 e. The van der Waals surface area contributed by atoms with E-state index in [2.05, 4.69) is 10.6 Å². The Morgan fingerprint density at radius 2 is 1.67 bits per heavy atom. The van der Waals surface area contributed by atoms with Crippen LogP contribution in [0.5, 0.6) is 0 Å². The highest BCUT2D eigenvalue weighted by Gasteiger charge is 2.16. The minimum atomic E-state index is -0.243. The van der Waals surface area contributed by atoms with Gasteiger partial charge in [-0.2, -0.15) is 0 Å². The number of nitrogens with zero attached hydrogens (tertiary/aromatic N) is 1. The van der Waals surface area contributed by atoms with E-state index in [1.807, 2.05) is 50.2 Å². The monoisotopic (exact) mass is 405 g/mol. The number of furan rings is 1. The Bertz CT molecular complexity index is 936. The molecule has 0 saturated carbocycles. The van der Waals surface area contributed by atoms with Crippen molar-refractivity contribution in [3.8, 4) is 0 Å². The summed E-state index contributed by atoms with van der Waals surface area (Å²) in [5.41, 5.74) is 2.21. The number of amides is 3. The highest BCUT2D eigenvalue weighted by Crippen LogP contribution is 2.15. The van der Waals surface area contributed by atoms with E-state index in [4.69, 9.17) is 4.42 Å². The zero-order chi connectivity index (χ0) is 21.3. The second-order valence-electron chi connectivity index (χ2n) is 7.53. The van der Waals surface area contributed by atoms with Crippen LogP contribution in [0.15, 0.2) is 77.4 Å². The first-order valence-corrected chi connectivity index (χ1v) is 10.0. The van der Waals surface area contributed by atoms with E-state index in [0.717, 1.165) is 5.56 Å². The van der Waals surface area contributed by atoms with Gasteiger partial charge in [0.05, 0.1) is 12.8 Å². The second kappa shape index (κ2) is 10.3. The van der Waals surface area contributed by atoms with Gasteiger partial charge in [0.15, 0.2) is 0 Å². The van der Waals surface area contributed by atoms with Gasteiger partial charge in [-0.05, 0) is 47.9 Å². The van der Waals surface area contributed by atoms with E-state index < -0.39 is 0 Å². The molecule has 0 aliphatic rings. The lowest BCUT2D eigenvalue weighted by molar-refractivity contribution is 0.0949. The van der Waals surface area contributed by atoms with E-state index in [-0.39, 0.29) is 11.9 Å². The molecular formula is C24H27N3O3. The maximum atomic E-state index is 12.9. The molecule has 6 nitrogen and oxygen atoms in total. The predicted octanol–water partition coefficient (Wildman–Crippen LogP) is 4.90. The fraction of sp³-hybridized carbons (Fsp3) is 0.250. The fourth-order valence-corrected chi connectivity index (χ4v) is 2.90. The van der Waals surface area contributed by atoms with Gasteiger partial charge in [-0.3, -0.25) is 4.79 Å². The fourth-order valence-electron chi connectivity index (χ4n) is 2.90. The Balaban J connectivity index is 1.66. The molecular weight excluding hydrogens is 378 g/mol. The molecule has 0 aliphatic carbocycles. The van der Waals surface area contributed by atoms with Crippen molar-refractivity contribution in [3.63, 3.8) is 0 Å². The molecule has 3 amide bonds. The largest absolute Gasteiger partial charge is 0.467 e. The number of nitrogens with one attached hydrogen (secondary N) is 2. The Labute approximate surface area is 176 Å². The molecule has 0 radical (unpaired) electrons. The first-order chi connectivity index (χ1) is 14.5. The number of carbonyl (C=O) groups excluding carboxylic acids is 2. The van der Waals surface area contributed by atoms with E-state index in [9.17, 15) is 9.59 Å². The zero-order valence-corrected chi connectivity index (χ0v) is 17.3. The van der Waals surface area contributed by atoms with Crippen molar-refractivity contribution in [2.75, 3.05) is 11.9 Å². The summed E-state index contributed by atoms with van der Waals surface area (Å²) in [4.78, 5) is 26.8. The summed E-state index contributed by atoms with van der Waals surface area (Å²) in [6, 6.07) is 20.1. The van der Waals surface area contributed by atoms with Gasteiger partial charge in [-0.25, -0.2) is 4.79 Å². The maximum absolute atomic E-state index is 12.9. The Kier molecular flexibility index (Phi) is 7.27. The minimum absolute atomic E-state index is 0.120. The van der Waals surface area contributed by atoms with Crippen LogP contribution in [0.2, 0.25) is 0 Å². The summed E-state index contributed by atoms with van der Waals surface area (Å²) >= 11 is 0. The number of anilines is 1. The number of carbonyl (C=O) groups is 2. The van der Waals surface area contributed by atoms with E-state index >= 15 is 0 Å². The van der Waals surface area contributed by atoms with Crippen molar-refractivity contribution in [1.29, 1.82) is 0 Å². The molecule has 30 heavy (non-hydrogen) atoms. The normalized spacial score (nSPS) is 10.6. The molecule has 0 unspecified atom stereocenters. The molecule has 2 N–H and O–H groups in total. The molecule has 0 saturated heterocycles. The summed E-state index contributed by atoms with van der Waals surface area (Å²) in [5.74, 6) is 0.973. The molecule has 0 spiro atoms. The lowest BCUT2D eigenvalue weighted by Gasteiger charge is -2.22. The molecule has 0 atom stereocenters. The average molecular weight is 405 g/mol. The standard InChI is InChI=1S/C24H27N3O3/c1-18(2)15-25-23(28)20-10-12-21(13-11-20)26-24(29)27(17-22-9-6-14-30-22)16-19-7-4-3-5-8-19/h3-14,18H,15-17H2,1-2H3,(H,25,28)(H,26,29). The van der Waals surface area contributed by atoms with Gasteiger partial charge in [0.2, 0.25) is 0 Å². The van der Waals surface area contributed by atoms with Crippen LogP contribution in [0, 0.1) is 5.92 Å². The summed E-state index contributed by atoms with van der Waals surface area (Å²) in [6.07, 6.45) is 1.59. The van der Waals surface area contributed by atoms with Crippen molar-refractivity contribution >= 4 is 17.6 Å². The summed E-state index contributed by atoms with van der Waals surface area (Å²) in [7, 11) is 0. The van der Waals surface area contributed by atoms with E-state index in [0.29, 0.717) is 42.6 Å². The highest BCUT2D eigenvalue weighted by atomic mass is 16.3. The van der Waals surface area contributed by atoms with Gasteiger partial charge >= 0.3 is 6.03 Å². The van der Waals surface area contributed by atoms with Gasteiger partial charge in [0, 0.05) is 24.3 Å². The summed E-state index contributed by atoms with van der Waals surface area (Å²) < 4.78 is 5.42. The second-order valence-corrected chi connectivity index (χ2v) is 7.53. The van der Waals surface area contributed by atoms with Crippen LogP contribution in [0.4, 0.5) is 10.5 Å². The van der Waals surface area contributed by atoms with Crippen LogP contribution in [0.25, 0.3) is 0 Å². The molecule has 6 heteroatoms. The molecule has 3 rings (SSSR count). The molecule has 1 aromatic heterocycles. The Morgan fingerprint density at radius 3 is 2.30 bits per heavy atom. The zero-order valence-electron chi connectivity index (χ0n) is 17.3. The van der Waals surface area contributed by atoms with Crippen LogP contribution in [-0.2, 0) is 13.1 Å². The SMILES string of the molecule is CC(C)CNC(=O)c1ccc(NC(=O)N(Cc2ccccc2)Cc2ccco2)cc1. The number of urea groups is 1. The number of benzene rings is 2. The lowest BCUT2D eigenvalue weighted by Crippen LogP contribution is -2.34. The van der Waals surface area contributed by atoms with Gasteiger partial charge in [0.1, 0.15) is 5.76 Å². The molecule has 0 fully saturated rings. The van der Waals surface area contributed by atoms with Crippen LogP contribution < -0.4 is 10.6 Å². The van der Waals surface area contributed by atoms with Gasteiger partial charge in [-0.15, -0.1) is 0 Å². The van der Waals surface area contributed by atoms with Gasteiger partial charge < -0.3 is 20.0 Å². The number of rotatable bonds is 8. The lowest BCUT2D eigenvalue weighted by atomic mass is 10.1. The van der Waals surface area contributed by atoms with Gasteiger partial charge in [0.25, 0.3) is 5.91 Å². The van der Waals surface area contributed by atoms with Crippen molar-refractivity contribution in [2.24, 2.45) is 5.92 Å². The first kappa shape index (κ1) is 21.2. The molecule has 2 aromatic carbocycles. The van der Waals surface area contributed by atoms with Crippen molar-refractivity contribution < 1.29 is 14.0 Å².